The summed E-state index contributed by atoms with van der Waals surface area (Å²) >= 11 is 12.2. The second-order valence-corrected chi connectivity index (χ2v) is 5.37. The predicted molar refractivity (Wildman–Crippen MR) is 78.0 cm³/mol. The molecule has 0 N–H and O–H groups in total. The van der Waals surface area contributed by atoms with Crippen LogP contribution in [0.1, 0.15) is 19.8 Å². The molecule has 0 unspecified atom stereocenters. The summed E-state index contributed by atoms with van der Waals surface area (Å²) in [5, 5.41) is 1.14. The molecule has 0 aromatic heterocycles. The fraction of sp³-hybridized carbons (Fsp3) is 0.500. The van der Waals surface area contributed by atoms with Gasteiger partial charge in [0.15, 0.2) is 0 Å². The maximum absolute atomic E-state index is 11.7. The van der Waals surface area contributed by atoms with Crippen molar-refractivity contribution in [1.29, 1.82) is 0 Å². The van der Waals surface area contributed by atoms with Crippen LogP contribution >= 0.6 is 23.2 Å². The molecule has 0 bridgehead atoms. The van der Waals surface area contributed by atoms with Crippen molar-refractivity contribution in [2.75, 3.05) is 24.6 Å². The second kappa shape index (κ2) is 6.49. The Kier molecular flexibility index (Phi) is 4.94. The summed E-state index contributed by atoms with van der Waals surface area (Å²) in [5.41, 5.74) is 0.941. The number of esters is 1. The van der Waals surface area contributed by atoms with Gasteiger partial charge in [0.1, 0.15) is 0 Å². The van der Waals surface area contributed by atoms with Crippen molar-refractivity contribution in [3.63, 3.8) is 0 Å². The van der Waals surface area contributed by atoms with Gasteiger partial charge in [0, 0.05) is 13.1 Å². The highest BCUT2D eigenvalue weighted by atomic mass is 35.5. The Balaban J connectivity index is 2.00. The van der Waals surface area contributed by atoms with Crippen molar-refractivity contribution in [2.45, 2.75) is 19.8 Å². The highest BCUT2D eigenvalue weighted by Gasteiger charge is 2.27. The average molecular weight is 302 g/mol. The molecule has 1 aliphatic heterocycles. The largest absolute Gasteiger partial charge is 0.466 e. The highest BCUT2D eigenvalue weighted by Crippen LogP contribution is 2.34. The molecule has 1 aromatic carbocycles. The van der Waals surface area contributed by atoms with Crippen molar-refractivity contribution in [1.82, 2.24) is 0 Å². The van der Waals surface area contributed by atoms with Crippen LogP contribution in [0.4, 0.5) is 5.69 Å². The van der Waals surface area contributed by atoms with Gasteiger partial charge in [-0.2, -0.15) is 0 Å². The van der Waals surface area contributed by atoms with Crippen molar-refractivity contribution in [3.05, 3.63) is 28.2 Å². The van der Waals surface area contributed by atoms with E-state index in [9.17, 15) is 4.79 Å². The van der Waals surface area contributed by atoms with Gasteiger partial charge < -0.3 is 9.64 Å². The van der Waals surface area contributed by atoms with Gasteiger partial charge in [-0.25, -0.2) is 0 Å². The number of rotatable bonds is 3. The molecule has 104 valence electrons. The van der Waals surface area contributed by atoms with E-state index in [-0.39, 0.29) is 11.9 Å². The zero-order valence-electron chi connectivity index (χ0n) is 10.9. The van der Waals surface area contributed by atoms with Gasteiger partial charge in [0.2, 0.25) is 0 Å². The molecule has 0 atom stereocenters. The van der Waals surface area contributed by atoms with Crippen LogP contribution in [0.25, 0.3) is 0 Å². The summed E-state index contributed by atoms with van der Waals surface area (Å²) in [6.45, 7) is 3.87. The maximum atomic E-state index is 11.7. The zero-order chi connectivity index (χ0) is 13.8. The summed E-state index contributed by atoms with van der Waals surface area (Å²) in [6.07, 6.45) is 1.59. The first kappa shape index (κ1) is 14.5. The summed E-state index contributed by atoms with van der Waals surface area (Å²) in [4.78, 5) is 13.8. The minimum atomic E-state index is -0.0839. The van der Waals surface area contributed by atoms with E-state index in [0.29, 0.717) is 16.7 Å². The van der Waals surface area contributed by atoms with Crippen molar-refractivity contribution < 1.29 is 9.53 Å². The molecule has 19 heavy (non-hydrogen) atoms. The van der Waals surface area contributed by atoms with Gasteiger partial charge in [-0.1, -0.05) is 29.3 Å². The number of ether oxygens (including phenoxy) is 1. The molecule has 1 heterocycles. The lowest BCUT2D eigenvalue weighted by Crippen LogP contribution is -2.37. The third kappa shape index (κ3) is 3.34. The number of carbonyl (C=O) groups excluding carboxylic acids is 1. The quantitative estimate of drug-likeness (QED) is 0.796. The topological polar surface area (TPSA) is 29.5 Å². The standard InChI is InChI=1S/C14H17Cl2NO2/c1-2-19-14(18)10-6-8-17(9-7-10)12-5-3-4-11(15)13(12)16/h3-5,10H,2,6-9H2,1H3. The van der Waals surface area contributed by atoms with Crippen molar-refractivity contribution in [3.8, 4) is 0 Å². The Morgan fingerprint density at radius 3 is 2.68 bits per heavy atom. The molecule has 1 aromatic rings. The molecule has 0 aliphatic carbocycles. The van der Waals surface area contributed by atoms with Gasteiger partial charge in [0.25, 0.3) is 0 Å². The first-order chi connectivity index (χ1) is 9.13. The molecule has 0 radical (unpaired) electrons. The second-order valence-electron chi connectivity index (χ2n) is 4.59. The fourth-order valence-electron chi connectivity index (χ4n) is 2.35. The van der Waals surface area contributed by atoms with Crippen LogP contribution in [-0.2, 0) is 9.53 Å². The molecule has 3 nitrogen and oxygen atoms in total. The van der Waals surface area contributed by atoms with E-state index in [1.165, 1.54) is 0 Å². The summed E-state index contributed by atoms with van der Waals surface area (Å²) < 4.78 is 5.06. The Labute approximate surface area is 123 Å². The number of hydrogen-bond acceptors (Lipinski definition) is 3. The number of benzene rings is 1. The molecular formula is C14H17Cl2NO2. The van der Waals surface area contributed by atoms with Crippen LogP contribution in [0.2, 0.25) is 10.0 Å². The first-order valence-corrected chi connectivity index (χ1v) is 7.24. The van der Waals surface area contributed by atoms with E-state index >= 15 is 0 Å². The molecule has 1 fully saturated rings. The van der Waals surface area contributed by atoms with Crippen LogP contribution < -0.4 is 4.90 Å². The first-order valence-electron chi connectivity index (χ1n) is 6.49. The fourth-order valence-corrected chi connectivity index (χ4v) is 2.77. The number of carbonyl (C=O) groups is 1. The Hall–Kier alpha value is -0.930. The summed E-state index contributed by atoms with van der Waals surface area (Å²) in [6, 6.07) is 5.62. The lowest BCUT2D eigenvalue weighted by atomic mass is 9.96. The number of nitrogens with zero attached hydrogens (tertiary/aromatic N) is 1. The van der Waals surface area contributed by atoms with Gasteiger partial charge in [-0.15, -0.1) is 0 Å². The normalized spacial score (nSPS) is 16.5. The maximum Gasteiger partial charge on any atom is 0.309 e. The molecular weight excluding hydrogens is 285 g/mol. The Morgan fingerprint density at radius 2 is 2.05 bits per heavy atom. The monoisotopic (exact) mass is 301 g/mol. The van der Waals surface area contributed by atoms with E-state index in [4.69, 9.17) is 27.9 Å². The molecule has 0 spiro atoms. The Morgan fingerprint density at radius 1 is 1.37 bits per heavy atom. The number of hydrogen-bond donors (Lipinski definition) is 0. The van der Waals surface area contributed by atoms with E-state index in [1.54, 1.807) is 6.07 Å². The predicted octanol–water partition coefficient (Wildman–Crippen LogP) is 3.77. The van der Waals surface area contributed by atoms with Crippen LogP contribution in [0.15, 0.2) is 18.2 Å². The lowest BCUT2D eigenvalue weighted by Gasteiger charge is -2.33. The van der Waals surface area contributed by atoms with E-state index in [0.717, 1.165) is 31.6 Å². The molecule has 1 saturated heterocycles. The van der Waals surface area contributed by atoms with Crippen molar-refractivity contribution >= 4 is 34.9 Å². The van der Waals surface area contributed by atoms with E-state index in [1.807, 2.05) is 19.1 Å². The molecule has 0 amide bonds. The summed E-state index contributed by atoms with van der Waals surface area (Å²) in [5.74, 6) is -0.0755. The van der Waals surface area contributed by atoms with Gasteiger partial charge in [0.05, 0.1) is 28.3 Å². The van der Waals surface area contributed by atoms with Crippen LogP contribution in [0.3, 0.4) is 0 Å². The van der Waals surface area contributed by atoms with Crippen LogP contribution in [0.5, 0.6) is 0 Å². The number of halogens is 2. The minimum Gasteiger partial charge on any atom is -0.466 e. The third-order valence-electron chi connectivity index (χ3n) is 3.39. The van der Waals surface area contributed by atoms with E-state index in [2.05, 4.69) is 4.90 Å². The molecule has 5 heteroatoms. The zero-order valence-corrected chi connectivity index (χ0v) is 12.4. The lowest BCUT2D eigenvalue weighted by molar-refractivity contribution is -0.148. The van der Waals surface area contributed by atoms with Crippen LogP contribution in [0, 0.1) is 5.92 Å². The van der Waals surface area contributed by atoms with Gasteiger partial charge >= 0.3 is 5.97 Å². The SMILES string of the molecule is CCOC(=O)C1CCN(c2cccc(Cl)c2Cl)CC1. The molecule has 0 saturated carbocycles. The average Bonchev–Trinajstić information content (AvgIpc) is 2.42. The molecule has 2 rings (SSSR count). The van der Waals surface area contributed by atoms with Crippen molar-refractivity contribution in [2.24, 2.45) is 5.92 Å². The van der Waals surface area contributed by atoms with Gasteiger partial charge in [-0.3, -0.25) is 4.79 Å². The smallest absolute Gasteiger partial charge is 0.309 e. The van der Waals surface area contributed by atoms with Gasteiger partial charge in [-0.05, 0) is 31.9 Å². The Bertz CT molecular complexity index is 457. The third-order valence-corrected chi connectivity index (χ3v) is 4.20. The highest BCUT2D eigenvalue weighted by molar-refractivity contribution is 6.43. The summed E-state index contributed by atoms with van der Waals surface area (Å²) in [7, 11) is 0. The van der Waals surface area contributed by atoms with E-state index < -0.39 is 0 Å². The minimum absolute atomic E-state index is 0.00848. The number of piperidine rings is 1. The molecule has 1 aliphatic rings. The van der Waals surface area contributed by atoms with Crippen LogP contribution in [-0.4, -0.2) is 25.7 Å². The number of anilines is 1.